The van der Waals surface area contributed by atoms with E-state index in [1.54, 1.807) is 11.3 Å². The lowest BCUT2D eigenvalue weighted by Crippen LogP contribution is -2.63. The number of aromatic nitrogens is 1. The van der Waals surface area contributed by atoms with Gasteiger partial charge in [-0.25, -0.2) is 4.98 Å². The van der Waals surface area contributed by atoms with Gasteiger partial charge in [0.15, 0.2) is 0 Å². The lowest BCUT2D eigenvalue weighted by Gasteiger charge is -2.50. The number of piperidine rings is 1. The third-order valence-electron chi connectivity index (χ3n) is 7.00. The van der Waals surface area contributed by atoms with Crippen molar-refractivity contribution in [2.24, 2.45) is 5.10 Å². The molecule has 2 aliphatic heterocycles. The molecule has 0 saturated carbocycles. The zero-order valence-corrected chi connectivity index (χ0v) is 22.1. The predicted octanol–water partition coefficient (Wildman–Crippen LogP) is 5.79. The third-order valence-corrected chi connectivity index (χ3v) is 7.86. The second-order valence-corrected chi connectivity index (χ2v) is 11.8. The number of benzene rings is 1. The lowest BCUT2D eigenvalue weighted by molar-refractivity contribution is 0.0599. The molecule has 35 heavy (non-hydrogen) atoms. The molecule has 182 valence electrons. The molecule has 5 nitrogen and oxygen atoms in total. The van der Waals surface area contributed by atoms with E-state index in [-0.39, 0.29) is 17.2 Å². The average Bonchev–Trinajstić information content (AvgIpc) is 3.26. The van der Waals surface area contributed by atoms with Gasteiger partial charge in [-0.3, -0.25) is 10.3 Å². The SMILES string of the molecule is CN(C1CC(C)(C)NC(C)(C)C1)C1C=CC(c2ccc(C3=C/C=C\C=C/C=C\3)c3scnc23)=NN1. The van der Waals surface area contributed by atoms with E-state index in [0.717, 1.165) is 29.6 Å². The monoisotopic (exact) mass is 485 g/mol. The van der Waals surface area contributed by atoms with Crippen molar-refractivity contribution in [3.8, 4) is 0 Å². The molecule has 1 aliphatic carbocycles. The molecule has 1 saturated heterocycles. The molecule has 1 unspecified atom stereocenters. The minimum absolute atomic E-state index is 0.0729. The number of likely N-dealkylation sites (N-methyl/N-ethyl adjacent to an activating group) is 1. The summed E-state index contributed by atoms with van der Waals surface area (Å²) in [6.07, 6.45) is 21.2. The molecule has 1 atom stereocenters. The Bertz CT molecular complexity index is 1270. The van der Waals surface area contributed by atoms with Crippen LogP contribution in [0.1, 0.15) is 51.7 Å². The number of rotatable bonds is 4. The third kappa shape index (κ3) is 5.10. The number of hydrazone groups is 1. The van der Waals surface area contributed by atoms with E-state index in [4.69, 9.17) is 10.1 Å². The summed E-state index contributed by atoms with van der Waals surface area (Å²) in [6, 6.07) is 4.81. The van der Waals surface area contributed by atoms with E-state index in [9.17, 15) is 0 Å². The van der Waals surface area contributed by atoms with Gasteiger partial charge in [-0.15, -0.1) is 11.3 Å². The maximum Gasteiger partial charge on any atom is 0.115 e. The molecular weight excluding hydrogens is 450 g/mol. The first-order valence-corrected chi connectivity index (χ1v) is 13.2. The highest BCUT2D eigenvalue weighted by Gasteiger charge is 2.40. The molecule has 0 spiro atoms. The summed E-state index contributed by atoms with van der Waals surface area (Å²) < 4.78 is 1.19. The predicted molar refractivity (Wildman–Crippen MR) is 150 cm³/mol. The van der Waals surface area contributed by atoms with Gasteiger partial charge in [-0.1, -0.05) is 48.6 Å². The van der Waals surface area contributed by atoms with Crippen LogP contribution in [-0.2, 0) is 0 Å². The first kappa shape index (κ1) is 23.9. The summed E-state index contributed by atoms with van der Waals surface area (Å²) >= 11 is 1.68. The van der Waals surface area contributed by atoms with Crippen LogP contribution in [0.4, 0.5) is 0 Å². The largest absolute Gasteiger partial charge is 0.307 e. The summed E-state index contributed by atoms with van der Waals surface area (Å²) in [7, 11) is 2.21. The molecule has 6 heteroatoms. The van der Waals surface area contributed by atoms with Crippen molar-refractivity contribution in [1.29, 1.82) is 0 Å². The Morgan fingerprint density at radius 1 is 0.943 bits per heavy atom. The van der Waals surface area contributed by atoms with Crippen LogP contribution in [0, 0.1) is 0 Å². The molecule has 0 bridgehead atoms. The van der Waals surface area contributed by atoms with Crippen LogP contribution in [0.5, 0.6) is 0 Å². The highest BCUT2D eigenvalue weighted by molar-refractivity contribution is 7.17. The number of allylic oxidation sites excluding steroid dienone is 9. The van der Waals surface area contributed by atoms with Gasteiger partial charge in [0.1, 0.15) is 6.17 Å². The molecule has 0 amide bonds. The summed E-state index contributed by atoms with van der Waals surface area (Å²) in [4.78, 5) is 7.15. The second-order valence-electron chi connectivity index (χ2n) is 11.0. The molecule has 5 rings (SSSR count). The van der Waals surface area contributed by atoms with Crippen molar-refractivity contribution < 1.29 is 0 Å². The molecule has 2 N–H and O–H groups in total. The Morgan fingerprint density at radius 2 is 1.66 bits per heavy atom. The van der Waals surface area contributed by atoms with Gasteiger partial charge >= 0.3 is 0 Å². The van der Waals surface area contributed by atoms with Gasteiger partial charge in [0, 0.05) is 28.2 Å². The van der Waals surface area contributed by atoms with E-state index in [1.807, 2.05) is 23.7 Å². The summed E-state index contributed by atoms with van der Waals surface area (Å²) in [5, 5.41) is 8.59. The fraction of sp³-hybridized carbons (Fsp3) is 0.379. The van der Waals surface area contributed by atoms with E-state index in [0.29, 0.717) is 6.04 Å². The zero-order chi connectivity index (χ0) is 24.6. The van der Waals surface area contributed by atoms with E-state index < -0.39 is 0 Å². The molecule has 2 aromatic rings. The standard InChI is InChI=1S/C29H35N5S/c1-28(2)17-21(18-29(3,4)33-28)34(5)25-16-15-24(31-32-25)23-14-13-22(27-26(23)30-19-35-27)20-11-9-7-6-8-10-12-20/h6-16,19,21,25,32-33H,17-18H2,1-5H3/b7-6-,8-6?,9-7?,10-8-,11-9-,12-10?,20-11?,20-12+. The maximum absolute atomic E-state index is 4.81. The molecule has 1 aromatic carbocycles. The van der Waals surface area contributed by atoms with Gasteiger partial charge < -0.3 is 5.32 Å². The van der Waals surface area contributed by atoms with E-state index in [1.165, 1.54) is 15.8 Å². The number of hydrogen-bond donors (Lipinski definition) is 2. The first-order chi connectivity index (χ1) is 16.7. The van der Waals surface area contributed by atoms with Crippen LogP contribution < -0.4 is 10.7 Å². The normalized spacial score (nSPS) is 27.9. The fourth-order valence-electron chi connectivity index (χ4n) is 5.69. The molecule has 3 aliphatic rings. The molecule has 1 fully saturated rings. The maximum atomic E-state index is 4.81. The Balaban J connectivity index is 1.37. The Morgan fingerprint density at radius 3 is 2.40 bits per heavy atom. The Hall–Kier alpha value is -2.80. The highest BCUT2D eigenvalue weighted by Crippen LogP contribution is 2.34. The Kier molecular flexibility index (Phi) is 6.38. The van der Waals surface area contributed by atoms with Crippen molar-refractivity contribution in [2.75, 3.05) is 7.05 Å². The summed E-state index contributed by atoms with van der Waals surface area (Å²) in [5.41, 5.74) is 10.9. The van der Waals surface area contributed by atoms with Crippen molar-refractivity contribution in [3.63, 3.8) is 0 Å². The minimum Gasteiger partial charge on any atom is -0.307 e. The van der Waals surface area contributed by atoms with Crippen LogP contribution in [0.3, 0.4) is 0 Å². The molecule has 0 radical (unpaired) electrons. The number of hydrogen-bond acceptors (Lipinski definition) is 6. The van der Waals surface area contributed by atoms with Crippen molar-refractivity contribution in [3.05, 3.63) is 83.5 Å². The van der Waals surface area contributed by atoms with Gasteiger partial charge in [-0.2, -0.15) is 5.10 Å². The van der Waals surface area contributed by atoms with Crippen molar-refractivity contribution in [1.82, 2.24) is 20.6 Å². The van der Waals surface area contributed by atoms with E-state index >= 15 is 0 Å². The lowest BCUT2D eigenvalue weighted by atomic mass is 9.79. The number of fused-ring (bicyclic) bond motifs is 1. The highest BCUT2D eigenvalue weighted by atomic mass is 32.1. The zero-order valence-electron chi connectivity index (χ0n) is 21.2. The quantitative estimate of drug-likeness (QED) is 0.575. The minimum atomic E-state index is 0.0729. The topological polar surface area (TPSA) is 52.5 Å². The molecule has 3 heterocycles. The van der Waals surface area contributed by atoms with Crippen LogP contribution in [-0.4, -0.2) is 45.9 Å². The van der Waals surface area contributed by atoms with Crippen molar-refractivity contribution in [2.45, 2.75) is 63.8 Å². The molecule has 1 aromatic heterocycles. The van der Waals surface area contributed by atoms with E-state index in [2.05, 4.69) is 99.0 Å². The summed E-state index contributed by atoms with van der Waals surface area (Å²) in [6.45, 7) is 9.20. The second kappa shape index (κ2) is 9.34. The first-order valence-electron chi connectivity index (χ1n) is 12.3. The van der Waals surface area contributed by atoms with Crippen LogP contribution in [0.25, 0.3) is 15.8 Å². The number of thiazole rings is 1. The fourth-order valence-corrected chi connectivity index (χ4v) is 6.54. The van der Waals surface area contributed by atoms with Crippen LogP contribution >= 0.6 is 11.3 Å². The van der Waals surface area contributed by atoms with Gasteiger partial charge in [-0.05, 0) is 71.4 Å². The van der Waals surface area contributed by atoms with Gasteiger partial charge in [0.2, 0.25) is 0 Å². The van der Waals surface area contributed by atoms with Gasteiger partial charge in [0.05, 0.1) is 21.4 Å². The number of nitrogens with one attached hydrogen (secondary N) is 2. The smallest absolute Gasteiger partial charge is 0.115 e. The molecular formula is C29H35N5S. The summed E-state index contributed by atoms with van der Waals surface area (Å²) in [5.74, 6) is 0. The number of nitrogens with zero attached hydrogens (tertiary/aromatic N) is 3. The average molecular weight is 486 g/mol. The van der Waals surface area contributed by atoms with Crippen molar-refractivity contribution >= 4 is 32.8 Å². The van der Waals surface area contributed by atoms with Crippen LogP contribution in [0.2, 0.25) is 0 Å². The Labute approximate surface area is 212 Å². The van der Waals surface area contributed by atoms with Crippen LogP contribution in [0.15, 0.2) is 77.4 Å². The van der Waals surface area contributed by atoms with Gasteiger partial charge in [0.25, 0.3) is 0 Å².